The van der Waals surface area contributed by atoms with Crippen LogP contribution < -0.4 is 0 Å². The van der Waals surface area contributed by atoms with Gasteiger partial charge in [0.05, 0.1) is 9.85 Å². The van der Waals surface area contributed by atoms with Gasteiger partial charge in [0.15, 0.2) is 0 Å². The van der Waals surface area contributed by atoms with Crippen molar-refractivity contribution in [2.45, 2.75) is 5.92 Å². The van der Waals surface area contributed by atoms with Gasteiger partial charge in [0.25, 0.3) is 11.4 Å². The average Bonchev–Trinajstić information content (AvgIpc) is 3.48. The van der Waals surface area contributed by atoms with Crippen LogP contribution in [0.2, 0.25) is 0 Å². The van der Waals surface area contributed by atoms with Crippen molar-refractivity contribution >= 4 is 44.5 Å². The number of aromatic nitrogens is 2. The number of rotatable bonds is 5. The molecule has 30 heavy (non-hydrogen) atoms. The molecule has 0 fully saturated rings. The van der Waals surface area contributed by atoms with Crippen LogP contribution in [0.25, 0.3) is 21.8 Å². The van der Waals surface area contributed by atoms with E-state index < -0.39 is 9.85 Å². The highest BCUT2D eigenvalue weighted by atomic mass is 32.1. The molecule has 148 valence electrons. The summed E-state index contributed by atoms with van der Waals surface area (Å²) in [6.07, 6.45) is 3.71. The number of benzene rings is 2. The standard InChI is InChI=1S/C21H14N4O4S/c26-24(27)13-1-3-19-15(7-13)17(9-22-19)21(12-5-6-30-11-12)18-10-23-20-4-2-14(25(28)29)8-16(18)20/h1-11,21-23H. The van der Waals surface area contributed by atoms with Crippen LogP contribution in [0.5, 0.6) is 0 Å². The summed E-state index contributed by atoms with van der Waals surface area (Å²) < 4.78 is 0. The molecule has 3 heterocycles. The molecule has 0 unspecified atom stereocenters. The Morgan fingerprint density at radius 2 is 1.33 bits per heavy atom. The van der Waals surface area contributed by atoms with Crippen LogP contribution in [0.15, 0.2) is 65.6 Å². The van der Waals surface area contributed by atoms with Crippen molar-refractivity contribution < 1.29 is 9.85 Å². The Labute approximate surface area is 173 Å². The Hall–Kier alpha value is -3.98. The van der Waals surface area contributed by atoms with Crippen LogP contribution in [-0.4, -0.2) is 19.8 Å². The fraction of sp³-hybridized carbons (Fsp3) is 0.0476. The van der Waals surface area contributed by atoms with Crippen molar-refractivity contribution in [2.75, 3.05) is 0 Å². The summed E-state index contributed by atoms with van der Waals surface area (Å²) in [5.74, 6) is -0.247. The summed E-state index contributed by atoms with van der Waals surface area (Å²) in [6, 6.07) is 11.5. The van der Waals surface area contributed by atoms with Crippen LogP contribution in [0, 0.1) is 20.2 Å². The fourth-order valence-corrected chi connectivity index (χ4v) is 4.62. The summed E-state index contributed by atoms with van der Waals surface area (Å²) in [4.78, 5) is 28.2. The number of H-pyrrole nitrogens is 2. The van der Waals surface area contributed by atoms with Gasteiger partial charge in [0.1, 0.15) is 0 Å². The molecule has 8 nitrogen and oxygen atoms in total. The molecule has 2 N–H and O–H groups in total. The summed E-state index contributed by atoms with van der Waals surface area (Å²) in [7, 11) is 0. The maximum atomic E-state index is 11.3. The van der Waals surface area contributed by atoms with E-state index in [2.05, 4.69) is 9.97 Å². The van der Waals surface area contributed by atoms with Crippen molar-refractivity contribution in [2.24, 2.45) is 0 Å². The molecule has 0 saturated heterocycles. The van der Waals surface area contributed by atoms with Crippen molar-refractivity contribution in [3.05, 3.63) is 103 Å². The minimum atomic E-state index is -0.412. The van der Waals surface area contributed by atoms with Gasteiger partial charge in [-0.25, -0.2) is 0 Å². The minimum absolute atomic E-state index is 0.0157. The molecule has 0 spiro atoms. The smallest absolute Gasteiger partial charge is 0.270 e. The van der Waals surface area contributed by atoms with E-state index in [9.17, 15) is 20.2 Å². The molecule has 9 heteroatoms. The molecule has 2 aromatic carbocycles. The largest absolute Gasteiger partial charge is 0.361 e. The Morgan fingerprint density at radius 3 is 1.77 bits per heavy atom. The highest BCUT2D eigenvalue weighted by Crippen LogP contribution is 2.41. The molecule has 0 aliphatic carbocycles. The molecular weight excluding hydrogens is 404 g/mol. The maximum Gasteiger partial charge on any atom is 0.270 e. The van der Waals surface area contributed by atoms with E-state index in [-0.39, 0.29) is 17.3 Å². The first-order valence-corrected chi connectivity index (χ1v) is 10.00. The van der Waals surface area contributed by atoms with Gasteiger partial charge in [-0.05, 0) is 45.6 Å². The van der Waals surface area contributed by atoms with Gasteiger partial charge in [-0.1, -0.05) is 0 Å². The lowest BCUT2D eigenvalue weighted by Crippen LogP contribution is -2.01. The van der Waals surface area contributed by atoms with E-state index >= 15 is 0 Å². The molecule has 0 bridgehead atoms. The highest BCUT2D eigenvalue weighted by molar-refractivity contribution is 7.08. The topological polar surface area (TPSA) is 118 Å². The van der Waals surface area contributed by atoms with Crippen LogP contribution in [0.4, 0.5) is 11.4 Å². The average molecular weight is 418 g/mol. The number of nitro groups is 2. The first-order chi connectivity index (χ1) is 14.5. The van der Waals surface area contributed by atoms with Crippen molar-refractivity contribution in [3.63, 3.8) is 0 Å². The first kappa shape index (κ1) is 18.1. The van der Waals surface area contributed by atoms with Gasteiger partial charge in [0, 0.05) is 64.4 Å². The molecular formula is C21H14N4O4S. The number of nitrogens with zero attached hydrogens (tertiary/aromatic N) is 2. The number of hydrogen-bond donors (Lipinski definition) is 2. The van der Waals surface area contributed by atoms with Gasteiger partial charge in [-0.2, -0.15) is 11.3 Å². The van der Waals surface area contributed by atoms with E-state index in [0.29, 0.717) is 0 Å². The Bertz CT molecular complexity index is 1330. The Kier molecular flexibility index (Phi) is 4.11. The van der Waals surface area contributed by atoms with Crippen LogP contribution in [0.3, 0.4) is 0 Å². The minimum Gasteiger partial charge on any atom is -0.361 e. The molecule has 0 aliphatic rings. The molecule has 0 atom stereocenters. The second-order valence-corrected chi connectivity index (χ2v) is 7.73. The SMILES string of the molecule is O=[N+]([O-])c1ccc2[nH]cc(C(c3ccsc3)c3c[nH]c4ccc([N+](=O)[O-])cc34)c2c1. The summed E-state index contributed by atoms with van der Waals surface area (Å²) >= 11 is 1.55. The number of hydrogen-bond acceptors (Lipinski definition) is 5. The van der Waals surface area contributed by atoms with Crippen LogP contribution >= 0.6 is 11.3 Å². The Balaban J connectivity index is 1.78. The predicted octanol–water partition coefficient (Wildman–Crippen LogP) is 5.71. The molecule has 5 rings (SSSR count). The first-order valence-electron chi connectivity index (χ1n) is 9.06. The van der Waals surface area contributed by atoms with E-state index in [1.165, 1.54) is 12.1 Å². The van der Waals surface area contributed by atoms with E-state index in [1.807, 2.05) is 29.2 Å². The molecule has 0 aliphatic heterocycles. The number of aromatic amines is 2. The lowest BCUT2D eigenvalue weighted by molar-refractivity contribution is -0.384. The number of fused-ring (bicyclic) bond motifs is 2. The van der Waals surface area contributed by atoms with Gasteiger partial charge in [-0.3, -0.25) is 20.2 Å². The number of nitrogens with one attached hydrogen (secondary N) is 2. The van der Waals surface area contributed by atoms with Gasteiger partial charge >= 0.3 is 0 Å². The van der Waals surface area contributed by atoms with E-state index in [4.69, 9.17) is 0 Å². The molecule has 3 aromatic heterocycles. The summed E-state index contributed by atoms with van der Waals surface area (Å²) in [5.41, 5.74) is 4.38. The van der Waals surface area contributed by atoms with Gasteiger partial charge in [0.2, 0.25) is 0 Å². The van der Waals surface area contributed by atoms with Crippen molar-refractivity contribution in [1.82, 2.24) is 9.97 Å². The van der Waals surface area contributed by atoms with Crippen LogP contribution in [0.1, 0.15) is 22.6 Å². The molecule has 0 amide bonds. The van der Waals surface area contributed by atoms with Gasteiger partial charge < -0.3 is 9.97 Å². The number of non-ortho nitro benzene ring substituents is 2. The summed E-state index contributed by atoms with van der Waals surface area (Å²) in [6.45, 7) is 0. The quantitative estimate of drug-likeness (QED) is 0.281. The van der Waals surface area contributed by atoms with Crippen molar-refractivity contribution in [1.29, 1.82) is 0 Å². The predicted molar refractivity (Wildman–Crippen MR) is 115 cm³/mol. The van der Waals surface area contributed by atoms with E-state index in [0.717, 1.165) is 38.5 Å². The number of nitro benzene ring substituents is 2. The van der Waals surface area contributed by atoms with Crippen LogP contribution in [-0.2, 0) is 0 Å². The third-order valence-electron chi connectivity index (χ3n) is 5.31. The Morgan fingerprint density at radius 1 is 0.800 bits per heavy atom. The maximum absolute atomic E-state index is 11.3. The molecule has 0 radical (unpaired) electrons. The zero-order valence-electron chi connectivity index (χ0n) is 15.4. The third kappa shape index (κ3) is 2.83. The zero-order chi connectivity index (χ0) is 20.8. The second-order valence-electron chi connectivity index (χ2n) is 6.95. The summed E-state index contributed by atoms with van der Waals surface area (Å²) in [5, 5.41) is 28.1. The van der Waals surface area contributed by atoms with E-state index in [1.54, 1.807) is 35.6 Å². The lowest BCUT2D eigenvalue weighted by atomic mass is 9.86. The normalized spacial score (nSPS) is 11.5. The number of thiophene rings is 1. The zero-order valence-corrected chi connectivity index (χ0v) is 16.2. The highest BCUT2D eigenvalue weighted by Gasteiger charge is 2.25. The second kappa shape index (κ2) is 6.82. The van der Waals surface area contributed by atoms with Crippen molar-refractivity contribution in [3.8, 4) is 0 Å². The lowest BCUT2D eigenvalue weighted by Gasteiger charge is -2.15. The monoisotopic (exact) mass is 418 g/mol. The van der Waals surface area contributed by atoms with Gasteiger partial charge in [-0.15, -0.1) is 0 Å². The molecule has 5 aromatic rings. The fourth-order valence-electron chi connectivity index (χ4n) is 3.93. The molecule has 0 saturated carbocycles. The third-order valence-corrected chi connectivity index (χ3v) is 6.02.